The van der Waals surface area contributed by atoms with Crippen molar-refractivity contribution >= 4 is 11.3 Å². The summed E-state index contributed by atoms with van der Waals surface area (Å²) in [7, 11) is 1.60. The van der Waals surface area contributed by atoms with E-state index in [4.69, 9.17) is 11.2 Å². The van der Waals surface area contributed by atoms with Crippen molar-refractivity contribution in [3.8, 4) is 18.4 Å². The second-order valence-corrected chi connectivity index (χ2v) is 3.99. The summed E-state index contributed by atoms with van der Waals surface area (Å²) >= 11 is 0. The molecule has 0 radical (unpaired) electrons. The average Bonchev–Trinajstić information content (AvgIpc) is 2.78. The number of methoxy groups -OCH3 is 1. The number of hydrogen-bond acceptors (Lipinski definition) is 4. The molecule has 2 aromatic rings. The van der Waals surface area contributed by atoms with Crippen molar-refractivity contribution in [2.24, 2.45) is 0 Å². The maximum atomic E-state index is 5.36. The van der Waals surface area contributed by atoms with Gasteiger partial charge in [-0.25, -0.2) is 9.97 Å². The van der Waals surface area contributed by atoms with Crippen molar-refractivity contribution in [2.45, 2.75) is 32.7 Å². The summed E-state index contributed by atoms with van der Waals surface area (Å²) in [6.45, 7) is 4.25. The molecular formula is C13H16N4O. The average molecular weight is 244 g/mol. The molecule has 0 bridgehead atoms. The predicted molar refractivity (Wildman–Crippen MR) is 69.4 cm³/mol. The maximum Gasteiger partial charge on any atom is 0.300 e. The Balaban J connectivity index is 2.70. The summed E-state index contributed by atoms with van der Waals surface area (Å²) in [5.41, 5.74) is 1.77. The molecule has 0 unspecified atom stereocenters. The molecule has 5 heteroatoms. The summed E-state index contributed by atoms with van der Waals surface area (Å²) in [6.07, 6.45) is 8.85. The molecule has 0 fully saturated rings. The first-order valence-electron chi connectivity index (χ1n) is 6.00. The third kappa shape index (κ3) is 1.90. The van der Waals surface area contributed by atoms with Crippen molar-refractivity contribution in [1.29, 1.82) is 0 Å². The van der Waals surface area contributed by atoms with E-state index in [0.29, 0.717) is 23.0 Å². The van der Waals surface area contributed by atoms with Crippen LogP contribution in [-0.4, -0.2) is 26.6 Å². The molecule has 0 aliphatic rings. The molecular weight excluding hydrogens is 228 g/mol. The highest BCUT2D eigenvalue weighted by Gasteiger charge is 2.19. The van der Waals surface area contributed by atoms with Crippen LogP contribution in [0.15, 0.2) is 6.20 Å². The molecule has 94 valence electrons. The number of hydrogen-bond donors (Lipinski definition) is 0. The molecule has 0 aromatic carbocycles. The Hall–Kier alpha value is -2.09. The normalized spacial score (nSPS) is 10.8. The highest BCUT2D eigenvalue weighted by atomic mass is 16.5. The molecule has 0 amide bonds. The van der Waals surface area contributed by atoms with Gasteiger partial charge in [-0.2, -0.15) is 4.98 Å². The monoisotopic (exact) mass is 244 g/mol. The minimum Gasteiger partial charge on any atom is -0.468 e. The third-order valence-corrected chi connectivity index (χ3v) is 3.01. The highest BCUT2D eigenvalue weighted by Crippen LogP contribution is 2.27. The Bertz CT molecular complexity index is 593. The molecule has 0 aliphatic carbocycles. The van der Waals surface area contributed by atoms with Crippen LogP contribution in [0, 0.1) is 12.3 Å². The van der Waals surface area contributed by atoms with Gasteiger partial charge in [0.2, 0.25) is 5.65 Å². The van der Waals surface area contributed by atoms with Crippen molar-refractivity contribution < 1.29 is 4.74 Å². The Morgan fingerprint density at radius 2 is 2.11 bits per heavy atom. The lowest BCUT2D eigenvalue weighted by Gasteiger charge is -2.16. The fraction of sp³-hybridized carbons (Fsp3) is 0.462. The zero-order valence-corrected chi connectivity index (χ0v) is 10.8. The minimum absolute atomic E-state index is 0.285. The number of imidazole rings is 1. The van der Waals surface area contributed by atoms with E-state index in [1.165, 1.54) is 0 Å². The Morgan fingerprint density at radius 1 is 1.39 bits per heavy atom. The van der Waals surface area contributed by atoms with Gasteiger partial charge in [-0.3, -0.25) is 4.57 Å². The molecule has 5 nitrogen and oxygen atoms in total. The number of fused-ring (bicyclic) bond motifs is 1. The van der Waals surface area contributed by atoms with E-state index in [1.54, 1.807) is 13.3 Å². The Morgan fingerprint density at radius 3 is 2.67 bits per heavy atom. The van der Waals surface area contributed by atoms with Crippen LogP contribution in [-0.2, 0) is 0 Å². The quantitative estimate of drug-likeness (QED) is 0.773. The molecule has 2 heterocycles. The number of aromatic nitrogens is 4. The zero-order chi connectivity index (χ0) is 13.1. The lowest BCUT2D eigenvalue weighted by atomic mass is 10.2. The molecule has 18 heavy (non-hydrogen) atoms. The fourth-order valence-corrected chi connectivity index (χ4v) is 2.04. The van der Waals surface area contributed by atoms with E-state index >= 15 is 0 Å². The smallest absolute Gasteiger partial charge is 0.300 e. The van der Waals surface area contributed by atoms with Crippen molar-refractivity contribution in [3.63, 3.8) is 0 Å². The molecule has 0 spiro atoms. The van der Waals surface area contributed by atoms with Crippen LogP contribution in [0.2, 0.25) is 0 Å². The Kier molecular flexibility index (Phi) is 3.47. The summed E-state index contributed by atoms with van der Waals surface area (Å²) < 4.78 is 7.28. The second kappa shape index (κ2) is 5.05. The predicted octanol–water partition coefficient (Wildman–Crippen LogP) is 2.18. The van der Waals surface area contributed by atoms with Gasteiger partial charge in [0.1, 0.15) is 5.69 Å². The van der Waals surface area contributed by atoms with Crippen LogP contribution >= 0.6 is 0 Å². The third-order valence-electron chi connectivity index (χ3n) is 3.01. The summed E-state index contributed by atoms with van der Waals surface area (Å²) in [4.78, 5) is 12.9. The number of terminal acetylenes is 1. The fourth-order valence-electron chi connectivity index (χ4n) is 2.04. The van der Waals surface area contributed by atoms with Crippen molar-refractivity contribution in [1.82, 2.24) is 19.5 Å². The molecule has 0 atom stereocenters. The lowest BCUT2D eigenvalue weighted by molar-refractivity contribution is 0.332. The minimum atomic E-state index is 0.285. The molecule has 0 saturated heterocycles. The standard InChI is InChI=1S/C13H16N4O/c1-5-9-8-14-11-12(15-9)17(10(6-2)7-3)13(16-11)18-4/h1,8,10H,6-7H2,2-4H3. The molecule has 0 saturated carbocycles. The van der Waals surface area contributed by atoms with Crippen LogP contribution in [0.25, 0.3) is 11.3 Å². The van der Waals surface area contributed by atoms with Gasteiger partial charge in [-0.1, -0.05) is 13.8 Å². The van der Waals surface area contributed by atoms with Gasteiger partial charge >= 0.3 is 0 Å². The van der Waals surface area contributed by atoms with E-state index in [-0.39, 0.29) is 6.04 Å². The van der Waals surface area contributed by atoms with Gasteiger partial charge in [0, 0.05) is 6.04 Å². The first-order chi connectivity index (χ1) is 8.74. The highest BCUT2D eigenvalue weighted by molar-refractivity contribution is 5.68. The SMILES string of the molecule is C#Cc1cnc2nc(OC)n(C(CC)CC)c2n1. The summed E-state index contributed by atoms with van der Waals surface area (Å²) in [5.74, 6) is 2.49. The second-order valence-electron chi connectivity index (χ2n) is 3.99. The number of ether oxygens (including phenoxy) is 1. The van der Waals surface area contributed by atoms with E-state index < -0.39 is 0 Å². The molecule has 2 rings (SSSR count). The summed E-state index contributed by atoms with van der Waals surface area (Å²) in [6, 6.07) is 0.820. The lowest BCUT2D eigenvalue weighted by Crippen LogP contribution is -2.09. The summed E-state index contributed by atoms with van der Waals surface area (Å²) in [5, 5.41) is 0. The molecule has 0 aliphatic heterocycles. The van der Waals surface area contributed by atoms with Gasteiger partial charge in [-0.05, 0) is 18.8 Å². The molecule has 0 N–H and O–H groups in total. The van der Waals surface area contributed by atoms with E-state index in [2.05, 4.69) is 34.7 Å². The largest absolute Gasteiger partial charge is 0.468 e. The van der Waals surface area contributed by atoms with E-state index in [0.717, 1.165) is 12.8 Å². The topological polar surface area (TPSA) is 52.8 Å². The van der Waals surface area contributed by atoms with Gasteiger partial charge < -0.3 is 4.74 Å². The first-order valence-corrected chi connectivity index (χ1v) is 6.00. The van der Waals surface area contributed by atoms with E-state index in [9.17, 15) is 0 Å². The van der Waals surface area contributed by atoms with Crippen LogP contribution in [0.3, 0.4) is 0 Å². The van der Waals surface area contributed by atoms with E-state index in [1.807, 2.05) is 4.57 Å². The molecule has 2 aromatic heterocycles. The zero-order valence-electron chi connectivity index (χ0n) is 10.8. The van der Waals surface area contributed by atoms with Crippen LogP contribution in [0.5, 0.6) is 6.01 Å². The maximum absolute atomic E-state index is 5.36. The number of rotatable bonds is 4. The van der Waals surface area contributed by atoms with Gasteiger partial charge in [0.15, 0.2) is 5.65 Å². The van der Waals surface area contributed by atoms with Gasteiger partial charge in [0.25, 0.3) is 6.01 Å². The van der Waals surface area contributed by atoms with Crippen LogP contribution < -0.4 is 4.74 Å². The first kappa shape index (κ1) is 12.4. The van der Waals surface area contributed by atoms with Gasteiger partial charge in [0.05, 0.1) is 13.3 Å². The van der Waals surface area contributed by atoms with Crippen LogP contribution in [0.4, 0.5) is 0 Å². The van der Waals surface area contributed by atoms with Crippen molar-refractivity contribution in [2.75, 3.05) is 7.11 Å². The van der Waals surface area contributed by atoms with Crippen molar-refractivity contribution in [3.05, 3.63) is 11.9 Å². The van der Waals surface area contributed by atoms with Gasteiger partial charge in [-0.15, -0.1) is 6.42 Å². The van der Waals surface area contributed by atoms with Crippen LogP contribution in [0.1, 0.15) is 38.4 Å². The number of nitrogens with zero attached hydrogens (tertiary/aromatic N) is 4. The Labute approximate surface area is 106 Å².